The van der Waals surface area contributed by atoms with E-state index in [1.807, 2.05) is 0 Å². The van der Waals surface area contributed by atoms with Gasteiger partial charge < -0.3 is 9.47 Å². The third-order valence-electron chi connectivity index (χ3n) is 4.21. The molecule has 20 heavy (non-hydrogen) atoms. The van der Waals surface area contributed by atoms with Crippen LogP contribution in [-0.2, 0) is 11.2 Å². The molecule has 3 heteroatoms. The summed E-state index contributed by atoms with van der Waals surface area (Å²) in [4.78, 5) is 0. The minimum atomic E-state index is -0.0829. The zero-order valence-corrected chi connectivity index (χ0v) is 13.1. The Labute approximate surface area is 126 Å². The van der Waals surface area contributed by atoms with Gasteiger partial charge in [-0.05, 0) is 56.7 Å². The normalized spacial score (nSPS) is 25.2. The monoisotopic (exact) mass is 294 g/mol. The van der Waals surface area contributed by atoms with E-state index in [0.29, 0.717) is 6.10 Å². The molecule has 0 radical (unpaired) electrons. The maximum atomic E-state index is 6.56. The summed E-state index contributed by atoms with van der Waals surface area (Å²) >= 11 is 6.56. The van der Waals surface area contributed by atoms with Gasteiger partial charge in [0.15, 0.2) is 0 Å². The van der Waals surface area contributed by atoms with Gasteiger partial charge in [-0.15, -0.1) is 11.6 Å². The highest BCUT2D eigenvalue weighted by molar-refractivity contribution is 6.20. The smallest absolute Gasteiger partial charge is 0.123 e. The number of rotatable bonds is 4. The second kappa shape index (κ2) is 5.57. The number of hydrogen-bond donors (Lipinski definition) is 0. The third kappa shape index (κ3) is 3.12. The fourth-order valence-electron chi connectivity index (χ4n) is 3.20. The van der Waals surface area contributed by atoms with E-state index >= 15 is 0 Å². The first-order chi connectivity index (χ1) is 9.53. The summed E-state index contributed by atoms with van der Waals surface area (Å²) in [6.45, 7) is 5.17. The van der Waals surface area contributed by atoms with Gasteiger partial charge in [0.05, 0.1) is 11.5 Å². The number of ether oxygens (including phenoxy) is 2. The molecule has 2 aliphatic heterocycles. The number of fused-ring (bicyclic) bond motifs is 1. The van der Waals surface area contributed by atoms with E-state index in [9.17, 15) is 0 Å². The van der Waals surface area contributed by atoms with Crippen LogP contribution in [-0.4, -0.2) is 18.3 Å². The maximum Gasteiger partial charge on any atom is 0.123 e. The molecule has 0 bridgehead atoms. The molecule has 1 aromatic rings. The lowest BCUT2D eigenvalue weighted by Gasteiger charge is -2.16. The van der Waals surface area contributed by atoms with Gasteiger partial charge in [-0.3, -0.25) is 0 Å². The molecule has 1 saturated heterocycles. The molecule has 0 aromatic heterocycles. The number of halogens is 1. The standard InChI is InChI=1S/C17H23ClO2/c1-17(2)11-13-10-12(5-8-16(13)20-17)15(18)7-6-14-4-3-9-19-14/h5,8,10,14-15H,3-4,6-7,9,11H2,1-2H3. The predicted octanol–water partition coefficient (Wildman–Crippen LogP) is 4.64. The van der Waals surface area contributed by atoms with Gasteiger partial charge in [-0.25, -0.2) is 0 Å². The SMILES string of the molecule is CC1(C)Cc2cc(C(Cl)CCC3CCCO3)ccc2O1. The van der Waals surface area contributed by atoms with Gasteiger partial charge in [0.25, 0.3) is 0 Å². The Morgan fingerprint density at radius 1 is 1.40 bits per heavy atom. The topological polar surface area (TPSA) is 18.5 Å². The Morgan fingerprint density at radius 3 is 3.00 bits per heavy atom. The fourth-order valence-corrected chi connectivity index (χ4v) is 3.46. The Hall–Kier alpha value is -0.730. The molecule has 0 N–H and O–H groups in total. The molecule has 2 unspecified atom stereocenters. The molecular weight excluding hydrogens is 272 g/mol. The molecule has 2 atom stereocenters. The van der Waals surface area contributed by atoms with Crippen molar-refractivity contribution in [1.82, 2.24) is 0 Å². The van der Waals surface area contributed by atoms with Gasteiger partial charge in [0, 0.05) is 13.0 Å². The summed E-state index contributed by atoms with van der Waals surface area (Å²) in [5.41, 5.74) is 2.42. The van der Waals surface area contributed by atoms with E-state index in [2.05, 4.69) is 32.0 Å². The second-order valence-electron chi connectivity index (χ2n) is 6.59. The van der Waals surface area contributed by atoms with Crippen LogP contribution in [0.5, 0.6) is 5.75 Å². The van der Waals surface area contributed by atoms with Crippen molar-refractivity contribution in [3.8, 4) is 5.75 Å². The zero-order chi connectivity index (χ0) is 14.2. The summed E-state index contributed by atoms with van der Waals surface area (Å²) in [5, 5.41) is 0.0770. The Kier molecular flexibility index (Phi) is 3.96. The molecule has 0 aliphatic carbocycles. The van der Waals surface area contributed by atoms with Crippen molar-refractivity contribution in [3.05, 3.63) is 29.3 Å². The molecule has 110 valence electrons. The van der Waals surface area contributed by atoms with Crippen LogP contribution >= 0.6 is 11.6 Å². The molecule has 2 nitrogen and oxygen atoms in total. The van der Waals surface area contributed by atoms with E-state index in [4.69, 9.17) is 21.1 Å². The molecule has 2 aliphatic rings. The van der Waals surface area contributed by atoms with Crippen LogP contribution in [0.1, 0.15) is 56.0 Å². The van der Waals surface area contributed by atoms with E-state index < -0.39 is 0 Å². The molecule has 2 heterocycles. The maximum absolute atomic E-state index is 6.56. The predicted molar refractivity (Wildman–Crippen MR) is 81.7 cm³/mol. The van der Waals surface area contributed by atoms with Crippen LogP contribution in [0.4, 0.5) is 0 Å². The van der Waals surface area contributed by atoms with E-state index in [-0.39, 0.29) is 11.0 Å². The summed E-state index contributed by atoms with van der Waals surface area (Å²) in [5.74, 6) is 1.02. The Bertz CT molecular complexity index is 478. The van der Waals surface area contributed by atoms with Gasteiger partial charge in [-0.2, -0.15) is 0 Å². The van der Waals surface area contributed by atoms with Crippen LogP contribution in [0, 0.1) is 0 Å². The third-order valence-corrected chi connectivity index (χ3v) is 4.68. The average Bonchev–Trinajstić information content (AvgIpc) is 2.99. The average molecular weight is 295 g/mol. The number of alkyl halides is 1. The highest BCUT2D eigenvalue weighted by Crippen LogP contribution is 2.38. The lowest BCUT2D eigenvalue weighted by Crippen LogP contribution is -2.24. The van der Waals surface area contributed by atoms with Crippen molar-refractivity contribution >= 4 is 11.6 Å². The van der Waals surface area contributed by atoms with Crippen LogP contribution in [0.2, 0.25) is 0 Å². The summed E-state index contributed by atoms with van der Waals surface area (Å²) in [6, 6.07) is 6.39. The molecular formula is C17H23ClO2. The molecule has 3 rings (SSSR count). The Balaban J connectivity index is 1.62. The van der Waals surface area contributed by atoms with Crippen LogP contribution in [0.25, 0.3) is 0 Å². The van der Waals surface area contributed by atoms with Gasteiger partial charge >= 0.3 is 0 Å². The van der Waals surface area contributed by atoms with Crippen molar-refractivity contribution in [2.45, 2.75) is 63.0 Å². The van der Waals surface area contributed by atoms with E-state index in [1.54, 1.807) is 0 Å². The highest BCUT2D eigenvalue weighted by Gasteiger charge is 2.30. The molecule has 0 spiro atoms. The molecule has 0 amide bonds. The minimum absolute atomic E-state index is 0.0770. The van der Waals surface area contributed by atoms with Gasteiger partial charge in [0.1, 0.15) is 11.4 Å². The molecule has 1 fully saturated rings. The Morgan fingerprint density at radius 2 is 2.25 bits per heavy atom. The molecule has 0 saturated carbocycles. The molecule has 1 aromatic carbocycles. The van der Waals surface area contributed by atoms with Crippen LogP contribution in [0.15, 0.2) is 18.2 Å². The lowest BCUT2D eigenvalue weighted by atomic mass is 9.98. The van der Waals surface area contributed by atoms with E-state index in [1.165, 1.54) is 24.0 Å². The quantitative estimate of drug-likeness (QED) is 0.753. The minimum Gasteiger partial charge on any atom is -0.487 e. The fraction of sp³-hybridized carbons (Fsp3) is 0.647. The summed E-state index contributed by atoms with van der Waals surface area (Å²) < 4.78 is 11.6. The van der Waals surface area contributed by atoms with Crippen molar-refractivity contribution in [1.29, 1.82) is 0 Å². The summed E-state index contributed by atoms with van der Waals surface area (Å²) in [6.07, 6.45) is 5.82. The largest absolute Gasteiger partial charge is 0.487 e. The van der Waals surface area contributed by atoms with Crippen molar-refractivity contribution < 1.29 is 9.47 Å². The van der Waals surface area contributed by atoms with E-state index in [0.717, 1.165) is 31.6 Å². The van der Waals surface area contributed by atoms with Crippen LogP contribution < -0.4 is 4.74 Å². The zero-order valence-electron chi connectivity index (χ0n) is 12.3. The first kappa shape index (κ1) is 14.2. The second-order valence-corrected chi connectivity index (χ2v) is 7.11. The first-order valence-corrected chi connectivity index (χ1v) is 8.05. The van der Waals surface area contributed by atoms with Gasteiger partial charge in [-0.1, -0.05) is 12.1 Å². The van der Waals surface area contributed by atoms with Crippen molar-refractivity contribution in [2.24, 2.45) is 0 Å². The summed E-state index contributed by atoms with van der Waals surface area (Å²) in [7, 11) is 0. The van der Waals surface area contributed by atoms with Crippen LogP contribution in [0.3, 0.4) is 0 Å². The number of benzene rings is 1. The van der Waals surface area contributed by atoms with Gasteiger partial charge in [0.2, 0.25) is 0 Å². The lowest BCUT2D eigenvalue weighted by molar-refractivity contribution is 0.102. The number of hydrogen-bond acceptors (Lipinski definition) is 2. The first-order valence-electron chi connectivity index (χ1n) is 7.61. The highest BCUT2D eigenvalue weighted by atomic mass is 35.5. The van der Waals surface area contributed by atoms with Crippen molar-refractivity contribution in [3.63, 3.8) is 0 Å². The van der Waals surface area contributed by atoms with Crippen molar-refractivity contribution in [2.75, 3.05) is 6.61 Å².